The van der Waals surface area contributed by atoms with Gasteiger partial charge in [0.15, 0.2) is 5.79 Å². The topological polar surface area (TPSA) is 44.8 Å². The van der Waals surface area contributed by atoms with Crippen LogP contribution in [0.2, 0.25) is 0 Å². The largest absolute Gasteiger partial charge is 0.469 e. The molecule has 4 nitrogen and oxygen atoms in total. The zero-order valence-corrected chi connectivity index (χ0v) is 7.62. The maximum Gasteiger partial charge on any atom is 0.313 e. The average Bonchev–Trinajstić information content (AvgIpc) is 2.03. The fourth-order valence-electron chi connectivity index (χ4n) is 0.995. The molecule has 1 saturated heterocycles. The number of hydrogen-bond acceptors (Lipinski definition) is 4. The lowest BCUT2D eigenvalue weighted by Crippen LogP contribution is -2.42. The van der Waals surface area contributed by atoms with Crippen molar-refractivity contribution in [1.29, 1.82) is 0 Å². The van der Waals surface area contributed by atoms with E-state index in [1.807, 2.05) is 13.8 Å². The third-order valence-electron chi connectivity index (χ3n) is 1.80. The maximum absolute atomic E-state index is 11.0. The molecule has 70 valence electrons. The molecule has 0 atom stereocenters. The summed E-state index contributed by atoms with van der Waals surface area (Å²) in [5, 5.41) is 0. The molecule has 0 amide bonds. The number of hydrogen-bond donors (Lipinski definition) is 0. The van der Waals surface area contributed by atoms with Crippen LogP contribution < -0.4 is 0 Å². The molecule has 0 spiro atoms. The molecule has 0 aromatic rings. The highest BCUT2D eigenvalue weighted by atomic mass is 16.7. The summed E-state index contributed by atoms with van der Waals surface area (Å²) in [6, 6.07) is 0. The summed E-state index contributed by atoms with van der Waals surface area (Å²) in [7, 11) is 1.36. The van der Waals surface area contributed by atoms with Crippen molar-refractivity contribution in [3.8, 4) is 0 Å². The molecule has 0 bridgehead atoms. The van der Waals surface area contributed by atoms with Gasteiger partial charge in [-0.15, -0.1) is 0 Å². The molecule has 1 aliphatic heterocycles. The molecule has 4 heteroatoms. The van der Waals surface area contributed by atoms with E-state index in [0.29, 0.717) is 13.2 Å². The Kier molecular flexibility index (Phi) is 2.69. The highest BCUT2D eigenvalue weighted by molar-refractivity contribution is 5.72. The van der Waals surface area contributed by atoms with Gasteiger partial charge in [-0.3, -0.25) is 4.79 Å². The maximum atomic E-state index is 11.0. The van der Waals surface area contributed by atoms with E-state index in [0.717, 1.165) is 0 Å². The Balaban J connectivity index is 2.41. The fourth-order valence-corrected chi connectivity index (χ4v) is 0.995. The predicted molar refractivity (Wildman–Crippen MR) is 41.5 cm³/mol. The predicted octanol–water partition coefficient (Wildman–Crippen LogP) is 0.558. The minimum absolute atomic E-state index is 0.273. The Hall–Kier alpha value is -0.610. The van der Waals surface area contributed by atoms with Gasteiger partial charge in [-0.1, -0.05) is 0 Å². The van der Waals surface area contributed by atoms with Gasteiger partial charge >= 0.3 is 5.97 Å². The molecule has 0 saturated carbocycles. The Bertz CT molecular complexity index is 166. The van der Waals surface area contributed by atoms with Crippen molar-refractivity contribution >= 4 is 5.97 Å². The van der Waals surface area contributed by atoms with E-state index in [-0.39, 0.29) is 11.9 Å². The molecule has 0 aromatic heterocycles. The number of ether oxygens (including phenoxy) is 3. The standard InChI is InChI=1S/C8H14O4/c1-8(2)11-4-6(5-12-8)7(9)10-3/h6H,4-5H2,1-3H3. The summed E-state index contributed by atoms with van der Waals surface area (Å²) in [6.07, 6.45) is 0. The fraction of sp³-hybridized carbons (Fsp3) is 0.875. The van der Waals surface area contributed by atoms with Crippen molar-refractivity contribution in [1.82, 2.24) is 0 Å². The molecule has 0 unspecified atom stereocenters. The zero-order valence-electron chi connectivity index (χ0n) is 7.62. The number of carbonyl (C=O) groups is 1. The lowest BCUT2D eigenvalue weighted by Gasteiger charge is -2.33. The number of carbonyl (C=O) groups excluding carboxylic acids is 1. The Morgan fingerprint density at radius 1 is 1.42 bits per heavy atom. The molecule has 0 N–H and O–H groups in total. The molecule has 1 aliphatic rings. The minimum Gasteiger partial charge on any atom is -0.469 e. The van der Waals surface area contributed by atoms with Crippen molar-refractivity contribution in [3.63, 3.8) is 0 Å². The van der Waals surface area contributed by atoms with Crippen LogP contribution >= 0.6 is 0 Å². The summed E-state index contributed by atoms with van der Waals surface area (Å²) in [5.74, 6) is -1.11. The Morgan fingerprint density at radius 3 is 2.33 bits per heavy atom. The van der Waals surface area contributed by atoms with Gasteiger partial charge < -0.3 is 14.2 Å². The summed E-state index contributed by atoms with van der Waals surface area (Å²) >= 11 is 0. The van der Waals surface area contributed by atoms with Gasteiger partial charge in [0.1, 0.15) is 5.92 Å². The van der Waals surface area contributed by atoms with Gasteiger partial charge in [-0.25, -0.2) is 0 Å². The van der Waals surface area contributed by atoms with Crippen molar-refractivity contribution < 1.29 is 19.0 Å². The van der Waals surface area contributed by atoms with Crippen LogP contribution in [0.1, 0.15) is 13.8 Å². The van der Waals surface area contributed by atoms with Crippen LogP contribution in [-0.4, -0.2) is 32.1 Å². The van der Waals surface area contributed by atoms with E-state index in [4.69, 9.17) is 9.47 Å². The summed E-state index contributed by atoms with van der Waals surface area (Å²) in [4.78, 5) is 11.0. The molecule has 0 aromatic carbocycles. The third-order valence-corrected chi connectivity index (χ3v) is 1.80. The molecule has 12 heavy (non-hydrogen) atoms. The van der Waals surface area contributed by atoms with Crippen molar-refractivity contribution in [2.24, 2.45) is 5.92 Å². The van der Waals surface area contributed by atoms with Gasteiger partial charge in [-0.05, 0) is 13.8 Å². The van der Waals surface area contributed by atoms with Gasteiger partial charge in [0, 0.05) is 0 Å². The molecule has 1 heterocycles. The Labute approximate surface area is 71.8 Å². The van der Waals surface area contributed by atoms with Crippen LogP contribution in [0.3, 0.4) is 0 Å². The summed E-state index contributed by atoms with van der Waals surface area (Å²) in [6.45, 7) is 4.39. The molecule has 0 aliphatic carbocycles. The lowest BCUT2D eigenvalue weighted by molar-refractivity contribution is -0.262. The van der Waals surface area contributed by atoms with Crippen molar-refractivity contribution in [3.05, 3.63) is 0 Å². The third kappa shape index (κ3) is 2.19. The molecule has 1 rings (SSSR count). The Morgan fingerprint density at radius 2 is 1.92 bits per heavy atom. The minimum atomic E-state index is -0.565. The van der Waals surface area contributed by atoms with E-state index in [2.05, 4.69) is 4.74 Å². The lowest BCUT2D eigenvalue weighted by atomic mass is 10.1. The normalized spacial score (nSPS) is 23.6. The average molecular weight is 174 g/mol. The molecule has 1 fully saturated rings. The van der Waals surface area contributed by atoms with E-state index in [1.54, 1.807) is 0 Å². The highest BCUT2D eigenvalue weighted by Crippen LogP contribution is 2.20. The first-order valence-electron chi connectivity index (χ1n) is 3.91. The molecule has 0 radical (unpaired) electrons. The van der Waals surface area contributed by atoms with Crippen LogP contribution in [0.25, 0.3) is 0 Å². The second-order valence-electron chi connectivity index (χ2n) is 3.24. The van der Waals surface area contributed by atoms with E-state index in [1.165, 1.54) is 7.11 Å². The van der Waals surface area contributed by atoms with Gasteiger partial charge in [0.25, 0.3) is 0 Å². The summed E-state index contributed by atoms with van der Waals surface area (Å²) in [5.41, 5.74) is 0. The van der Waals surface area contributed by atoms with Gasteiger partial charge in [0.05, 0.1) is 20.3 Å². The highest BCUT2D eigenvalue weighted by Gasteiger charge is 2.32. The quantitative estimate of drug-likeness (QED) is 0.545. The number of esters is 1. The second-order valence-corrected chi connectivity index (χ2v) is 3.24. The van der Waals surface area contributed by atoms with Crippen LogP contribution in [0.15, 0.2) is 0 Å². The smallest absolute Gasteiger partial charge is 0.313 e. The van der Waals surface area contributed by atoms with Gasteiger partial charge in [-0.2, -0.15) is 0 Å². The number of rotatable bonds is 1. The molecular weight excluding hydrogens is 160 g/mol. The van der Waals surface area contributed by atoms with Crippen LogP contribution in [0, 0.1) is 5.92 Å². The first-order chi connectivity index (χ1) is 5.55. The first kappa shape index (κ1) is 9.48. The first-order valence-corrected chi connectivity index (χ1v) is 3.91. The van der Waals surface area contributed by atoms with E-state index in [9.17, 15) is 4.79 Å². The summed E-state index contributed by atoms with van der Waals surface area (Å²) < 4.78 is 15.1. The second kappa shape index (κ2) is 3.41. The van der Waals surface area contributed by atoms with E-state index < -0.39 is 5.79 Å². The number of methoxy groups -OCH3 is 1. The zero-order chi connectivity index (χ0) is 9.19. The van der Waals surface area contributed by atoms with Crippen molar-refractivity contribution in [2.45, 2.75) is 19.6 Å². The van der Waals surface area contributed by atoms with Crippen LogP contribution in [0.4, 0.5) is 0 Å². The van der Waals surface area contributed by atoms with E-state index >= 15 is 0 Å². The SMILES string of the molecule is COC(=O)C1COC(C)(C)OC1. The van der Waals surface area contributed by atoms with Crippen LogP contribution in [-0.2, 0) is 19.0 Å². The van der Waals surface area contributed by atoms with Crippen molar-refractivity contribution in [2.75, 3.05) is 20.3 Å². The van der Waals surface area contributed by atoms with Gasteiger partial charge in [0.2, 0.25) is 0 Å². The van der Waals surface area contributed by atoms with Crippen LogP contribution in [0.5, 0.6) is 0 Å². The molecular formula is C8H14O4. The monoisotopic (exact) mass is 174 g/mol.